The van der Waals surface area contributed by atoms with Gasteiger partial charge in [-0.1, -0.05) is 54.6 Å². The van der Waals surface area contributed by atoms with Crippen LogP contribution in [0, 0.1) is 0 Å². The van der Waals surface area contributed by atoms with Gasteiger partial charge in [0, 0.05) is 13.1 Å². The van der Waals surface area contributed by atoms with E-state index in [9.17, 15) is 9.59 Å². The minimum Gasteiger partial charge on any atom is -0.378 e. The molecule has 2 amide bonds. The van der Waals surface area contributed by atoms with Crippen molar-refractivity contribution in [2.75, 3.05) is 43.1 Å². The van der Waals surface area contributed by atoms with E-state index in [0.29, 0.717) is 13.2 Å². The number of rotatable bonds is 6. The molecule has 0 aromatic heterocycles. The van der Waals surface area contributed by atoms with Crippen molar-refractivity contribution >= 4 is 34.0 Å². The minimum atomic E-state index is -0.248. The molecule has 0 unspecified atom stereocenters. The lowest BCUT2D eigenvalue weighted by Crippen LogP contribution is -2.37. The predicted octanol–water partition coefficient (Wildman–Crippen LogP) is 2.97. The van der Waals surface area contributed by atoms with Crippen molar-refractivity contribution < 1.29 is 14.3 Å². The molecule has 2 N–H and O–H groups in total. The molecular weight excluding hydrogens is 378 g/mol. The lowest BCUT2D eigenvalue weighted by Gasteiger charge is -2.30. The lowest BCUT2D eigenvalue weighted by molar-refractivity contribution is -0.123. The summed E-state index contributed by atoms with van der Waals surface area (Å²) in [5, 5.41) is 7.80. The van der Waals surface area contributed by atoms with Crippen LogP contribution < -0.4 is 15.5 Å². The molecule has 0 radical (unpaired) electrons. The largest absolute Gasteiger partial charge is 0.378 e. The van der Waals surface area contributed by atoms with Crippen LogP contribution in [0.15, 0.2) is 66.7 Å². The fraction of sp³-hybridized carbons (Fsp3) is 0.250. The number of amides is 2. The smallest absolute Gasteiger partial charge is 0.243 e. The average molecular weight is 403 g/mol. The molecule has 4 rings (SSSR count). The monoisotopic (exact) mass is 403 g/mol. The molecule has 1 saturated heterocycles. The van der Waals surface area contributed by atoms with Crippen LogP contribution >= 0.6 is 0 Å². The van der Waals surface area contributed by atoms with E-state index in [-0.39, 0.29) is 24.8 Å². The molecule has 0 aliphatic carbocycles. The maximum atomic E-state index is 12.4. The lowest BCUT2D eigenvalue weighted by atomic mass is 10.0. The Morgan fingerprint density at radius 1 is 0.867 bits per heavy atom. The van der Waals surface area contributed by atoms with Crippen molar-refractivity contribution in [1.82, 2.24) is 5.32 Å². The number of carbonyl (C=O) groups is 2. The van der Waals surface area contributed by atoms with Gasteiger partial charge in [0.15, 0.2) is 0 Å². The Hall–Kier alpha value is -3.38. The second kappa shape index (κ2) is 9.41. The summed E-state index contributed by atoms with van der Waals surface area (Å²) in [7, 11) is 0. The van der Waals surface area contributed by atoms with Gasteiger partial charge in [-0.25, -0.2) is 0 Å². The van der Waals surface area contributed by atoms with Gasteiger partial charge in [0.05, 0.1) is 37.6 Å². The summed E-state index contributed by atoms with van der Waals surface area (Å²) >= 11 is 0. The highest BCUT2D eigenvalue weighted by atomic mass is 16.5. The summed E-state index contributed by atoms with van der Waals surface area (Å²) < 4.78 is 5.41. The molecule has 1 aliphatic rings. The van der Waals surface area contributed by atoms with Crippen molar-refractivity contribution in [3.05, 3.63) is 72.3 Å². The molecule has 1 aliphatic heterocycles. The number of anilines is 2. The number of nitrogens with zero attached hydrogens (tertiary/aromatic N) is 1. The van der Waals surface area contributed by atoms with Crippen LogP contribution in [0.3, 0.4) is 0 Å². The van der Waals surface area contributed by atoms with Gasteiger partial charge < -0.3 is 20.3 Å². The third kappa shape index (κ3) is 4.78. The predicted molar refractivity (Wildman–Crippen MR) is 119 cm³/mol. The first-order chi connectivity index (χ1) is 14.7. The van der Waals surface area contributed by atoms with E-state index in [1.165, 1.54) is 0 Å². The van der Waals surface area contributed by atoms with Gasteiger partial charge in [-0.3, -0.25) is 9.59 Å². The van der Waals surface area contributed by atoms with Gasteiger partial charge >= 0.3 is 0 Å². The Balaban J connectivity index is 1.34. The van der Waals surface area contributed by atoms with E-state index in [1.54, 1.807) is 0 Å². The van der Waals surface area contributed by atoms with Crippen LogP contribution in [0.2, 0.25) is 0 Å². The van der Waals surface area contributed by atoms with Crippen LogP contribution in [0.5, 0.6) is 0 Å². The van der Waals surface area contributed by atoms with E-state index < -0.39 is 0 Å². The average Bonchev–Trinajstić information content (AvgIpc) is 2.79. The van der Waals surface area contributed by atoms with E-state index in [1.807, 2.05) is 66.7 Å². The maximum absolute atomic E-state index is 12.4. The summed E-state index contributed by atoms with van der Waals surface area (Å²) in [5.41, 5.74) is 2.66. The van der Waals surface area contributed by atoms with Gasteiger partial charge in [-0.15, -0.1) is 0 Å². The Labute approximate surface area is 175 Å². The topological polar surface area (TPSA) is 70.7 Å². The SMILES string of the molecule is O=C(Cc1cccc2ccccc12)NCC(=O)Nc1ccccc1N1CCOCC1. The van der Waals surface area contributed by atoms with Gasteiger partial charge in [-0.05, 0) is 28.5 Å². The standard InChI is InChI=1S/C24H25N3O3/c28-23(16-19-8-5-7-18-6-1-2-9-20(18)19)25-17-24(29)26-21-10-3-4-11-22(21)27-12-14-30-15-13-27/h1-11H,12-17H2,(H,25,28)(H,26,29). The van der Waals surface area contributed by atoms with Gasteiger partial charge in [-0.2, -0.15) is 0 Å². The Kier molecular flexibility index (Phi) is 6.25. The quantitative estimate of drug-likeness (QED) is 0.664. The summed E-state index contributed by atoms with van der Waals surface area (Å²) in [5.74, 6) is -0.426. The second-order valence-corrected chi connectivity index (χ2v) is 7.26. The number of hydrogen-bond donors (Lipinski definition) is 2. The first-order valence-electron chi connectivity index (χ1n) is 10.2. The molecular formula is C24H25N3O3. The van der Waals surface area contributed by atoms with E-state index in [4.69, 9.17) is 4.74 Å². The highest BCUT2D eigenvalue weighted by Crippen LogP contribution is 2.26. The van der Waals surface area contributed by atoms with E-state index >= 15 is 0 Å². The fourth-order valence-electron chi connectivity index (χ4n) is 3.71. The molecule has 3 aromatic carbocycles. The molecule has 154 valence electrons. The fourth-order valence-corrected chi connectivity index (χ4v) is 3.71. The minimum absolute atomic E-state index is 0.0684. The second-order valence-electron chi connectivity index (χ2n) is 7.26. The van der Waals surface area contributed by atoms with E-state index in [2.05, 4.69) is 15.5 Å². The van der Waals surface area contributed by atoms with Crippen molar-refractivity contribution in [1.29, 1.82) is 0 Å². The third-order valence-corrected chi connectivity index (χ3v) is 5.21. The molecule has 1 heterocycles. The first kappa shape index (κ1) is 19.9. The number of fused-ring (bicyclic) bond motifs is 1. The summed E-state index contributed by atoms with van der Waals surface area (Å²) in [4.78, 5) is 27.1. The summed E-state index contributed by atoms with van der Waals surface area (Å²) in [6.07, 6.45) is 0.235. The zero-order valence-corrected chi connectivity index (χ0v) is 16.8. The molecule has 30 heavy (non-hydrogen) atoms. The van der Waals surface area contributed by atoms with Gasteiger partial charge in [0.25, 0.3) is 0 Å². The molecule has 6 heteroatoms. The van der Waals surface area contributed by atoms with Crippen molar-refractivity contribution in [3.63, 3.8) is 0 Å². The number of hydrogen-bond acceptors (Lipinski definition) is 4. The molecule has 1 fully saturated rings. The number of morpholine rings is 1. The number of benzene rings is 3. The number of para-hydroxylation sites is 2. The zero-order valence-electron chi connectivity index (χ0n) is 16.8. The van der Waals surface area contributed by atoms with Crippen LogP contribution in [0.25, 0.3) is 10.8 Å². The van der Waals surface area contributed by atoms with Crippen LogP contribution in [-0.2, 0) is 20.7 Å². The van der Waals surface area contributed by atoms with Crippen molar-refractivity contribution in [2.24, 2.45) is 0 Å². The first-order valence-corrected chi connectivity index (χ1v) is 10.2. The molecule has 0 atom stereocenters. The Morgan fingerprint density at radius 3 is 2.47 bits per heavy atom. The van der Waals surface area contributed by atoms with Crippen molar-refractivity contribution in [2.45, 2.75) is 6.42 Å². The zero-order chi connectivity index (χ0) is 20.8. The highest BCUT2D eigenvalue weighted by Gasteiger charge is 2.16. The third-order valence-electron chi connectivity index (χ3n) is 5.21. The highest BCUT2D eigenvalue weighted by molar-refractivity contribution is 5.98. The van der Waals surface area contributed by atoms with Crippen LogP contribution in [0.4, 0.5) is 11.4 Å². The van der Waals surface area contributed by atoms with Gasteiger partial charge in [0.1, 0.15) is 0 Å². The maximum Gasteiger partial charge on any atom is 0.243 e. The van der Waals surface area contributed by atoms with Crippen LogP contribution in [-0.4, -0.2) is 44.7 Å². The Morgan fingerprint density at radius 2 is 1.60 bits per heavy atom. The number of nitrogens with one attached hydrogen (secondary N) is 2. The van der Waals surface area contributed by atoms with E-state index in [0.717, 1.165) is 40.8 Å². The molecule has 0 saturated carbocycles. The van der Waals surface area contributed by atoms with Gasteiger partial charge in [0.2, 0.25) is 11.8 Å². The molecule has 3 aromatic rings. The Bertz CT molecular complexity index is 1040. The van der Waals surface area contributed by atoms with Crippen LogP contribution in [0.1, 0.15) is 5.56 Å². The van der Waals surface area contributed by atoms with Crippen molar-refractivity contribution in [3.8, 4) is 0 Å². The summed E-state index contributed by atoms with van der Waals surface area (Å²) in [6.45, 7) is 2.85. The molecule has 6 nitrogen and oxygen atoms in total. The summed E-state index contributed by atoms with van der Waals surface area (Å²) in [6, 6.07) is 21.6. The molecule has 0 bridgehead atoms. The number of carbonyl (C=O) groups excluding carboxylic acids is 2. The number of ether oxygens (including phenoxy) is 1. The normalized spacial score (nSPS) is 13.8. The molecule has 0 spiro atoms.